The smallest absolute Gasteiger partial charge is 0.253 e. The van der Waals surface area contributed by atoms with E-state index < -0.39 is 0 Å². The van der Waals surface area contributed by atoms with E-state index in [-0.39, 0.29) is 42.9 Å². The van der Waals surface area contributed by atoms with Crippen LogP contribution in [-0.4, -0.2) is 38.8 Å². The van der Waals surface area contributed by atoms with E-state index in [9.17, 15) is 4.79 Å². The van der Waals surface area contributed by atoms with E-state index >= 15 is 0 Å². The summed E-state index contributed by atoms with van der Waals surface area (Å²) in [5, 5.41) is 2.93. The summed E-state index contributed by atoms with van der Waals surface area (Å²) in [5.74, 6) is -0.0924. The molecule has 0 spiro atoms. The Hall–Kier alpha value is -1.01. The number of nitrogens with two attached hydrogens (primary N) is 1. The largest absolute Gasteiger partial charge is 0.376 e. The van der Waals surface area contributed by atoms with Crippen molar-refractivity contribution in [1.82, 2.24) is 0 Å². The molecule has 21 heavy (non-hydrogen) atoms. The third kappa shape index (κ3) is 5.04. The van der Waals surface area contributed by atoms with Gasteiger partial charge in [0.2, 0.25) is 0 Å². The Morgan fingerprint density at radius 2 is 2.00 bits per heavy atom. The Morgan fingerprint density at radius 3 is 2.57 bits per heavy atom. The Morgan fingerprint density at radius 1 is 1.33 bits per heavy atom. The zero-order valence-corrected chi connectivity index (χ0v) is 13.9. The monoisotopic (exact) mass is 335 g/mol. The number of benzene rings is 1. The van der Waals surface area contributed by atoms with Crippen LogP contribution in [-0.2, 0) is 9.53 Å². The first-order valence-electron chi connectivity index (χ1n) is 6.54. The van der Waals surface area contributed by atoms with Gasteiger partial charge in [-0.1, -0.05) is 12.1 Å². The number of amides is 1. The van der Waals surface area contributed by atoms with E-state index in [0.29, 0.717) is 6.54 Å². The molecule has 1 heterocycles. The lowest BCUT2D eigenvalue weighted by atomic mass is 10.2. The SMILES string of the molecule is CN(C)c1ccccc1NC(=O)[C@@H]1CC[C@H](CN)O1.Cl.Cl. The molecule has 1 aliphatic heterocycles. The van der Waals surface area contributed by atoms with Crippen LogP contribution < -0.4 is 16.0 Å². The molecule has 1 fully saturated rings. The molecule has 1 aromatic carbocycles. The Bertz CT molecular complexity index is 458. The van der Waals surface area contributed by atoms with Crippen LogP contribution in [0.25, 0.3) is 0 Å². The molecular formula is C14H23Cl2N3O2. The summed E-state index contributed by atoms with van der Waals surface area (Å²) in [6.07, 6.45) is 1.21. The van der Waals surface area contributed by atoms with Gasteiger partial charge in [-0.15, -0.1) is 24.8 Å². The summed E-state index contributed by atoms with van der Waals surface area (Å²) in [6, 6.07) is 7.71. The molecule has 1 aromatic rings. The molecule has 1 aliphatic rings. The van der Waals surface area contributed by atoms with Gasteiger partial charge < -0.3 is 20.7 Å². The van der Waals surface area contributed by atoms with Gasteiger partial charge in [-0.2, -0.15) is 0 Å². The third-order valence-corrected chi connectivity index (χ3v) is 3.31. The molecule has 2 rings (SSSR count). The Balaban J connectivity index is 0.00000200. The highest BCUT2D eigenvalue weighted by Crippen LogP contribution is 2.25. The first-order chi connectivity index (χ1) is 9.11. The van der Waals surface area contributed by atoms with Crippen LogP contribution in [0.1, 0.15) is 12.8 Å². The van der Waals surface area contributed by atoms with Crippen LogP contribution in [0, 0.1) is 0 Å². The standard InChI is InChI=1S/C14H21N3O2.2ClH/c1-17(2)12-6-4-3-5-11(12)16-14(18)13-8-7-10(9-15)19-13;;/h3-6,10,13H,7-9,15H2,1-2H3,(H,16,18);2*1H/t10-,13+;;/m1../s1. The zero-order valence-electron chi connectivity index (χ0n) is 12.2. The van der Waals surface area contributed by atoms with Gasteiger partial charge in [0, 0.05) is 20.6 Å². The molecule has 7 heteroatoms. The van der Waals surface area contributed by atoms with Crippen LogP contribution in [0.4, 0.5) is 11.4 Å². The molecule has 5 nitrogen and oxygen atoms in total. The average Bonchev–Trinajstić information content (AvgIpc) is 2.88. The fraction of sp³-hybridized carbons (Fsp3) is 0.500. The van der Waals surface area contributed by atoms with Gasteiger partial charge in [-0.25, -0.2) is 0 Å². The van der Waals surface area contributed by atoms with Gasteiger partial charge in [0.1, 0.15) is 6.10 Å². The number of para-hydroxylation sites is 2. The van der Waals surface area contributed by atoms with E-state index in [4.69, 9.17) is 10.5 Å². The Kier molecular flexibility index (Phi) is 8.66. The fourth-order valence-electron chi connectivity index (χ4n) is 2.25. The quantitative estimate of drug-likeness (QED) is 0.883. The molecule has 0 saturated carbocycles. The van der Waals surface area contributed by atoms with E-state index in [1.807, 2.05) is 43.3 Å². The van der Waals surface area contributed by atoms with E-state index in [2.05, 4.69) is 5.32 Å². The number of carbonyl (C=O) groups is 1. The van der Waals surface area contributed by atoms with E-state index in [1.54, 1.807) is 0 Å². The van der Waals surface area contributed by atoms with Gasteiger partial charge in [0.15, 0.2) is 0 Å². The molecule has 1 saturated heterocycles. The number of halogens is 2. The Labute approximate surface area is 138 Å². The molecule has 2 atom stereocenters. The van der Waals surface area contributed by atoms with Crippen molar-refractivity contribution in [3.05, 3.63) is 24.3 Å². The first kappa shape index (κ1) is 20.0. The topological polar surface area (TPSA) is 67.6 Å². The number of anilines is 2. The van der Waals surface area contributed by atoms with Crippen molar-refractivity contribution in [2.45, 2.75) is 25.0 Å². The average molecular weight is 336 g/mol. The highest BCUT2D eigenvalue weighted by molar-refractivity contribution is 5.97. The second kappa shape index (κ2) is 9.10. The van der Waals surface area contributed by atoms with Gasteiger partial charge in [-0.3, -0.25) is 4.79 Å². The molecule has 1 amide bonds. The van der Waals surface area contributed by atoms with Crippen molar-refractivity contribution >= 4 is 42.1 Å². The summed E-state index contributed by atoms with van der Waals surface area (Å²) >= 11 is 0. The molecule has 0 aromatic heterocycles. The van der Waals surface area contributed by atoms with Gasteiger partial charge in [0.25, 0.3) is 5.91 Å². The van der Waals surface area contributed by atoms with Crippen LogP contribution in [0.5, 0.6) is 0 Å². The summed E-state index contributed by atoms with van der Waals surface area (Å²) in [7, 11) is 3.89. The number of hydrogen-bond acceptors (Lipinski definition) is 4. The maximum Gasteiger partial charge on any atom is 0.253 e. The number of ether oxygens (including phenoxy) is 1. The molecule has 120 valence electrons. The highest BCUT2D eigenvalue weighted by atomic mass is 35.5. The van der Waals surface area contributed by atoms with E-state index in [1.165, 1.54) is 0 Å². The van der Waals surface area contributed by atoms with Gasteiger partial charge in [0.05, 0.1) is 17.5 Å². The van der Waals surface area contributed by atoms with Crippen molar-refractivity contribution in [3.8, 4) is 0 Å². The fourth-order valence-corrected chi connectivity index (χ4v) is 2.25. The number of nitrogens with one attached hydrogen (secondary N) is 1. The molecule has 0 radical (unpaired) electrons. The maximum atomic E-state index is 12.2. The number of nitrogens with zero attached hydrogens (tertiary/aromatic N) is 1. The van der Waals surface area contributed by atoms with Crippen LogP contribution in [0.2, 0.25) is 0 Å². The van der Waals surface area contributed by atoms with Gasteiger partial charge in [-0.05, 0) is 25.0 Å². The zero-order chi connectivity index (χ0) is 13.8. The van der Waals surface area contributed by atoms with Crippen LogP contribution >= 0.6 is 24.8 Å². The highest BCUT2D eigenvalue weighted by Gasteiger charge is 2.30. The minimum absolute atomic E-state index is 0. The molecule has 3 N–H and O–H groups in total. The number of carbonyl (C=O) groups excluding carboxylic acids is 1. The van der Waals surface area contributed by atoms with Crippen molar-refractivity contribution < 1.29 is 9.53 Å². The lowest BCUT2D eigenvalue weighted by Gasteiger charge is -2.19. The molecular weight excluding hydrogens is 313 g/mol. The third-order valence-electron chi connectivity index (χ3n) is 3.31. The maximum absolute atomic E-state index is 12.2. The normalized spacial score (nSPS) is 20.1. The van der Waals surface area contributed by atoms with Crippen LogP contribution in [0.15, 0.2) is 24.3 Å². The molecule has 0 unspecified atom stereocenters. The van der Waals surface area contributed by atoms with Crippen molar-refractivity contribution in [2.75, 3.05) is 30.9 Å². The minimum atomic E-state index is -0.385. The second-order valence-electron chi connectivity index (χ2n) is 4.96. The van der Waals surface area contributed by atoms with Crippen molar-refractivity contribution in [2.24, 2.45) is 5.73 Å². The van der Waals surface area contributed by atoms with Gasteiger partial charge >= 0.3 is 0 Å². The first-order valence-corrected chi connectivity index (χ1v) is 6.54. The molecule has 0 bridgehead atoms. The second-order valence-corrected chi connectivity index (χ2v) is 4.96. The lowest BCUT2D eigenvalue weighted by molar-refractivity contribution is -0.126. The van der Waals surface area contributed by atoms with Crippen molar-refractivity contribution in [3.63, 3.8) is 0 Å². The minimum Gasteiger partial charge on any atom is -0.376 e. The summed E-state index contributed by atoms with van der Waals surface area (Å²) < 4.78 is 5.59. The summed E-state index contributed by atoms with van der Waals surface area (Å²) in [5.41, 5.74) is 7.33. The predicted molar refractivity (Wildman–Crippen MR) is 90.8 cm³/mol. The van der Waals surface area contributed by atoms with E-state index in [0.717, 1.165) is 24.2 Å². The lowest BCUT2D eigenvalue weighted by Crippen LogP contribution is -2.30. The number of hydrogen-bond donors (Lipinski definition) is 2. The molecule has 0 aliphatic carbocycles. The van der Waals surface area contributed by atoms with Crippen molar-refractivity contribution in [1.29, 1.82) is 0 Å². The summed E-state index contributed by atoms with van der Waals surface area (Å²) in [4.78, 5) is 14.1. The predicted octanol–water partition coefficient (Wildman–Crippen LogP) is 2.04. The number of rotatable bonds is 4. The summed E-state index contributed by atoms with van der Waals surface area (Å²) in [6.45, 7) is 0.470. The van der Waals surface area contributed by atoms with Crippen LogP contribution in [0.3, 0.4) is 0 Å².